The third-order valence-electron chi connectivity index (χ3n) is 0. The predicted octanol–water partition coefficient (Wildman–Crippen LogP) is -3.20. The normalized spacial score (nSPS) is 7.00. The van der Waals surface area contributed by atoms with Gasteiger partial charge in [-0.2, -0.15) is 4.21 Å². The molecule has 0 atom stereocenters. The zero-order valence-electron chi connectivity index (χ0n) is 3.71. The van der Waals surface area contributed by atoms with Gasteiger partial charge in [0, 0.05) is 0 Å². The Hall–Kier alpha value is 2.12. The fourth-order valence-electron chi connectivity index (χ4n) is 0. The van der Waals surface area contributed by atoms with Crippen molar-refractivity contribution in [3.8, 4) is 0 Å². The van der Waals surface area contributed by atoms with E-state index in [-0.39, 0.29) is 70.3 Å². The van der Waals surface area contributed by atoms with Crippen molar-refractivity contribution in [2.75, 3.05) is 0 Å². The Morgan fingerprint density at radius 1 is 1.60 bits per heavy atom. The van der Waals surface area contributed by atoms with Crippen LogP contribution in [-0.2, 0) is 11.4 Å². The SMILES string of the molecule is O=S(O)O.[Cs+].[H-]. The zero-order chi connectivity index (χ0) is 3.58. The summed E-state index contributed by atoms with van der Waals surface area (Å²) in [6.07, 6.45) is 0. The second kappa shape index (κ2) is 6.12. The molecule has 0 radical (unpaired) electrons. The molecule has 0 saturated carbocycles. The third kappa shape index (κ3) is 23.1. The third-order valence-corrected chi connectivity index (χ3v) is 0. The summed E-state index contributed by atoms with van der Waals surface area (Å²) in [7, 11) is 0. The summed E-state index contributed by atoms with van der Waals surface area (Å²) in [6, 6.07) is 0. The Labute approximate surface area is 92.5 Å². The summed E-state index contributed by atoms with van der Waals surface area (Å²) in [5.41, 5.74) is 0. The van der Waals surface area contributed by atoms with E-state index in [9.17, 15) is 0 Å². The van der Waals surface area contributed by atoms with E-state index in [1.807, 2.05) is 0 Å². The molecule has 0 aliphatic heterocycles. The van der Waals surface area contributed by atoms with Gasteiger partial charge in [-0.25, -0.2) is 0 Å². The maximum atomic E-state index is 8.67. The molecule has 0 amide bonds. The van der Waals surface area contributed by atoms with Crippen LogP contribution in [0.25, 0.3) is 0 Å². The Morgan fingerprint density at radius 3 is 1.60 bits per heavy atom. The van der Waals surface area contributed by atoms with Crippen molar-refractivity contribution in [2.24, 2.45) is 0 Å². The van der Waals surface area contributed by atoms with Crippen molar-refractivity contribution in [3.63, 3.8) is 0 Å². The molecule has 0 fully saturated rings. The van der Waals surface area contributed by atoms with Gasteiger partial charge in [-0.3, -0.25) is 9.11 Å². The maximum Gasteiger partial charge on any atom is 1.00 e. The van der Waals surface area contributed by atoms with Crippen molar-refractivity contribution >= 4 is 11.4 Å². The van der Waals surface area contributed by atoms with E-state index in [0.717, 1.165) is 0 Å². The Kier molecular flexibility index (Phi) is 12.5. The van der Waals surface area contributed by atoms with Crippen LogP contribution in [0, 0.1) is 0 Å². The van der Waals surface area contributed by atoms with E-state index in [4.69, 9.17) is 13.3 Å². The molecule has 0 aliphatic carbocycles. The van der Waals surface area contributed by atoms with Crippen LogP contribution in [0.2, 0.25) is 0 Å². The standard InChI is InChI=1S/Cs.H2O3S.H/c;1-4(2)3;/h;(H2,1,2,3);/q+1;;-1. The summed E-state index contributed by atoms with van der Waals surface area (Å²) in [4.78, 5) is 0. The van der Waals surface area contributed by atoms with E-state index in [1.165, 1.54) is 0 Å². The molecule has 5 heavy (non-hydrogen) atoms. The number of rotatable bonds is 0. The van der Waals surface area contributed by atoms with Gasteiger partial charge in [-0.15, -0.1) is 0 Å². The first kappa shape index (κ1) is 10.2. The van der Waals surface area contributed by atoms with Gasteiger partial charge in [0.25, 0.3) is 11.4 Å². The van der Waals surface area contributed by atoms with Crippen LogP contribution in [0.15, 0.2) is 0 Å². The van der Waals surface area contributed by atoms with E-state index in [2.05, 4.69) is 0 Å². The van der Waals surface area contributed by atoms with E-state index in [1.54, 1.807) is 0 Å². The first-order chi connectivity index (χ1) is 1.73. The molecule has 0 heterocycles. The van der Waals surface area contributed by atoms with Crippen LogP contribution in [-0.4, -0.2) is 13.3 Å². The fraction of sp³-hybridized carbons (Fsp3) is 0. The van der Waals surface area contributed by atoms with E-state index < -0.39 is 11.4 Å². The van der Waals surface area contributed by atoms with Crippen molar-refractivity contribution in [1.82, 2.24) is 0 Å². The molecule has 0 aromatic carbocycles. The van der Waals surface area contributed by atoms with Crippen molar-refractivity contribution in [2.45, 2.75) is 0 Å². The first-order valence-corrected chi connectivity index (χ1v) is 1.60. The summed E-state index contributed by atoms with van der Waals surface area (Å²) in [5.74, 6) is 0. The molecule has 5 heteroatoms. The van der Waals surface area contributed by atoms with Crippen LogP contribution in [0.3, 0.4) is 0 Å². The molecule has 0 aromatic rings. The van der Waals surface area contributed by atoms with Crippen LogP contribution < -0.4 is 68.9 Å². The fourth-order valence-corrected chi connectivity index (χ4v) is 0. The smallest absolute Gasteiger partial charge is 1.00 e. The van der Waals surface area contributed by atoms with Crippen LogP contribution >= 0.6 is 0 Å². The van der Waals surface area contributed by atoms with Crippen molar-refractivity contribution < 1.29 is 83.6 Å². The molecule has 0 bridgehead atoms. The molecule has 0 spiro atoms. The minimum Gasteiger partial charge on any atom is -1.00 e. The van der Waals surface area contributed by atoms with Gasteiger partial charge >= 0.3 is 68.9 Å². The van der Waals surface area contributed by atoms with Crippen molar-refractivity contribution in [3.05, 3.63) is 0 Å². The van der Waals surface area contributed by atoms with Crippen LogP contribution in [0.4, 0.5) is 0 Å². The van der Waals surface area contributed by atoms with Gasteiger partial charge in [-0.05, 0) is 0 Å². The molecule has 0 unspecified atom stereocenters. The summed E-state index contributed by atoms with van der Waals surface area (Å²) < 4.78 is 22.8. The molecule has 28 valence electrons. The minimum atomic E-state index is -2.61. The summed E-state index contributed by atoms with van der Waals surface area (Å²) in [5, 5.41) is 0. The summed E-state index contributed by atoms with van der Waals surface area (Å²) >= 11 is -2.61. The van der Waals surface area contributed by atoms with E-state index >= 15 is 0 Å². The Bertz CT molecular complexity index is 33.8. The zero-order valence-corrected chi connectivity index (χ0v) is 9.81. The summed E-state index contributed by atoms with van der Waals surface area (Å²) in [6.45, 7) is 0. The second-order valence-corrected chi connectivity index (χ2v) is 0.692. The molecule has 0 aromatic heterocycles. The molecule has 0 rings (SSSR count). The minimum absolute atomic E-state index is 0. The molecule has 0 aliphatic rings. The van der Waals surface area contributed by atoms with Gasteiger partial charge in [0.15, 0.2) is 0 Å². The quantitative estimate of drug-likeness (QED) is 0.419. The molecule has 0 saturated heterocycles. The second-order valence-electron chi connectivity index (χ2n) is 0.231. The largest absolute Gasteiger partial charge is 1.00 e. The number of hydrogen-bond donors (Lipinski definition) is 2. The predicted molar refractivity (Wildman–Crippen MR) is 14.5 cm³/mol. The van der Waals surface area contributed by atoms with Gasteiger partial charge in [-0.1, -0.05) is 0 Å². The molecular weight excluding hydrogens is 213 g/mol. The first-order valence-electron chi connectivity index (χ1n) is 0.532. The monoisotopic (exact) mass is 216 g/mol. The van der Waals surface area contributed by atoms with Crippen LogP contribution in [0.5, 0.6) is 0 Å². The average Bonchev–Trinajstić information content (AvgIpc) is 0.811. The topological polar surface area (TPSA) is 57.5 Å². The van der Waals surface area contributed by atoms with Gasteiger partial charge < -0.3 is 1.43 Å². The van der Waals surface area contributed by atoms with Crippen molar-refractivity contribution in [1.29, 1.82) is 0 Å². The Morgan fingerprint density at radius 2 is 1.60 bits per heavy atom. The molecule has 3 nitrogen and oxygen atoms in total. The number of hydrogen-bond acceptors (Lipinski definition) is 1. The van der Waals surface area contributed by atoms with Gasteiger partial charge in [0.2, 0.25) is 0 Å². The molecular formula is H3CsO3S. The van der Waals surface area contributed by atoms with Gasteiger partial charge in [0.1, 0.15) is 0 Å². The maximum absolute atomic E-state index is 8.67. The van der Waals surface area contributed by atoms with E-state index in [0.29, 0.717) is 0 Å². The van der Waals surface area contributed by atoms with Crippen LogP contribution in [0.1, 0.15) is 1.43 Å². The average molecular weight is 216 g/mol. The Balaban J connectivity index is -0.0000000450. The molecule has 2 N–H and O–H groups in total. The van der Waals surface area contributed by atoms with Gasteiger partial charge in [0.05, 0.1) is 0 Å².